The van der Waals surface area contributed by atoms with Crippen molar-refractivity contribution in [2.45, 2.75) is 19.9 Å². The first-order valence-electron chi connectivity index (χ1n) is 7.84. The first-order valence-corrected chi connectivity index (χ1v) is 7.84. The SMILES string of the molecule is COc1ccccc1CCNCC(=O)NCc1ccccc1C. The Kier molecular flexibility index (Phi) is 6.63. The van der Waals surface area contributed by atoms with Gasteiger partial charge in [0.2, 0.25) is 5.91 Å². The maximum Gasteiger partial charge on any atom is 0.234 e. The summed E-state index contributed by atoms with van der Waals surface area (Å²) in [6, 6.07) is 16.0. The Hall–Kier alpha value is -2.33. The van der Waals surface area contributed by atoms with Gasteiger partial charge in [-0.25, -0.2) is 0 Å². The molecule has 2 N–H and O–H groups in total. The molecule has 0 aliphatic carbocycles. The van der Waals surface area contributed by atoms with E-state index < -0.39 is 0 Å². The van der Waals surface area contributed by atoms with Crippen molar-refractivity contribution in [1.29, 1.82) is 0 Å². The maximum atomic E-state index is 11.9. The molecule has 4 nitrogen and oxygen atoms in total. The third-order valence-electron chi connectivity index (χ3n) is 3.79. The lowest BCUT2D eigenvalue weighted by Crippen LogP contribution is -2.34. The highest BCUT2D eigenvalue weighted by atomic mass is 16.5. The topological polar surface area (TPSA) is 50.4 Å². The second kappa shape index (κ2) is 8.96. The van der Waals surface area contributed by atoms with E-state index in [1.165, 1.54) is 5.56 Å². The summed E-state index contributed by atoms with van der Waals surface area (Å²) in [5, 5.41) is 6.10. The van der Waals surface area contributed by atoms with Crippen molar-refractivity contribution in [2.75, 3.05) is 20.2 Å². The molecule has 1 amide bonds. The average Bonchev–Trinajstić information content (AvgIpc) is 2.58. The van der Waals surface area contributed by atoms with Gasteiger partial charge in [-0.3, -0.25) is 4.79 Å². The molecule has 2 aromatic carbocycles. The van der Waals surface area contributed by atoms with Crippen LogP contribution in [-0.2, 0) is 17.8 Å². The summed E-state index contributed by atoms with van der Waals surface area (Å²) in [6.45, 7) is 3.67. The lowest BCUT2D eigenvalue weighted by atomic mass is 10.1. The smallest absolute Gasteiger partial charge is 0.234 e. The van der Waals surface area contributed by atoms with Gasteiger partial charge >= 0.3 is 0 Å². The molecule has 0 bridgehead atoms. The third kappa shape index (κ3) is 5.42. The molecule has 2 aromatic rings. The monoisotopic (exact) mass is 312 g/mol. The van der Waals surface area contributed by atoms with Gasteiger partial charge < -0.3 is 15.4 Å². The summed E-state index contributed by atoms with van der Waals surface area (Å²) in [7, 11) is 1.67. The van der Waals surface area contributed by atoms with Crippen molar-refractivity contribution >= 4 is 5.91 Å². The molecule has 0 radical (unpaired) electrons. The van der Waals surface area contributed by atoms with Crippen molar-refractivity contribution in [3.05, 3.63) is 65.2 Å². The van der Waals surface area contributed by atoms with Crippen molar-refractivity contribution in [1.82, 2.24) is 10.6 Å². The summed E-state index contributed by atoms with van der Waals surface area (Å²) in [5.41, 5.74) is 3.48. The van der Waals surface area contributed by atoms with E-state index >= 15 is 0 Å². The van der Waals surface area contributed by atoms with E-state index in [1.54, 1.807) is 7.11 Å². The van der Waals surface area contributed by atoms with Crippen LogP contribution in [0.1, 0.15) is 16.7 Å². The van der Waals surface area contributed by atoms with Gasteiger partial charge in [0.15, 0.2) is 0 Å². The predicted molar refractivity (Wildman–Crippen MR) is 92.6 cm³/mol. The average molecular weight is 312 g/mol. The Balaban J connectivity index is 1.68. The van der Waals surface area contributed by atoms with Crippen molar-refractivity contribution in [2.24, 2.45) is 0 Å². The van der Waals surface area contributed by atoms with E-state index in [9.17, 15) is 4.79 Å². The minimum atomic E-state index is 0.00767. The number of ether oxygens (including phenoxy) is 1. The van der Waals surface area contributed by atoms with Crippen LogP contribution in [-0.4, -0.2) is 26.1 Å². The van der Waals surface area contributed by atoms with E-state index in [2.05, 4.69) is 10.6 Å². The van der Waals surface area contributed by atoms with Crippen LogP contribution in [0.15, 0.2) is 48.5 Å². The summed E-state index contributed by atoms with van der Waals surface area (Å²) >= 11 is 0. The number of benzene rings is 2. The summed E-state index contributed by atoms with van der Waals surface area (Å²) in [4.78, 5) is 11.9. The largest absolute Gasteiger partial charge is 0.496 e. The van der Waals surface area contributed by atoms with Crippen LogP contribution < -0.4 is 15.4 Å². The maximum absolute atomic E-state index is 11.9. The number of methoxy groups -OCH3 is 1. The Bertz CT molecular complexity index is 641. The first-order chi connectivity index (χ1) is 11.2. The van der Waals surface area contributed by atoms with Crippen LogP contribution in [0.4, 0.5) is 0 Å². The number of rotatable bonds is 8. The second-order valence-electron chi connectivity index (χ2n) is 5.44. The van der Waals surface area contributed by atoms with E-state index in [0.29, 0.717) is 13.1 Å². The molecule has 0 aliphatic rings. The van der Waals surface area contributed by atoms with Crippen LogP contribution in [0.2, 0.25) is 0 Å². The lowest BCUT2D eigenvalue weighted by Gasteiger charge is -2.10. The van der Waals surface area contributed by atoms with E-state index in [4.69, 9.17) is 4.74 Å². The molecule has 0 aliphatic heterocycles. The Morgan fingerprint density at radius 2 is 1.74 bits per heavy atom. The number of hydrogen-bond donors (Lipinski definition) is 2. The standard InChI is InChI=1S/C19H24N2O2/c1-15-7-3-4-9-17(15)13-21-19(22)14-20-12-11-16-8-5-6-10-18(16)23-2/h3-10,20H,11-14H2,1-2H3,(H,21,22). The molecular weight excluding hydrogens is 288 g/mol. The molecule has 4 heteroatoms. The molecule has 122 valence electrons. The zero-order chi connectivity index (χ0) is 16.5. The minimum absolute atomic E-state index is 0.00767. The highest BCUT2D eigenvalue weighted by Gasteiger charge is 2.04. The van der Waals surface area contributed by atoms with E-state index in [-0.39, 0.29) is 5.91 Å². The van der Waals surface area contributed by atoms with E-state index in [0.717, 1.165) is 29.8 Å². The quantitative estimate of drug-likeness (QED) is 0.736. The number of carbonyl (C=O) groups is 1. The molecule has 23 heavy (non-hydrogen) atoms. The van der Waals surface area contributed by atoms with Crippen LogP contribution >= 0.6 is 0 Å². The number of amides is 1. The van der Waals surface area contributed by atoms with Crippen LogP contribution in [0.25, 0.3) is 0 Å². The number of para-hydroxylation sites is 1. The summed E-state index contributed by atoms with van der Waals surface area (Å²) < 4.78 is 5.32. The van der Waals surface area contributed by atoms with Gasteiger partial charge in [-0.1, -0.05) is 42.5 Å². The van der Waals surface area contributed by atoms with Gasteiger partial charge in [-0.15, -0.1) is 0 Å². The molecule has 0 saturated heterocycles. The lowest BCUT2D eigenvalue weighted by molar-refractivity contribution is -0.120. The molecule has 0 fully saturated rings. The Morgan fingerprint density at radius 1 is 1.04 bits per heavy atom. The molecule has 0 heterocycles. The second-order valence-corrected chi connectivity index (χ2v) is 5.44. The third-order valence-corrected chi connectivity index (χ3v) is 3.79. The van der Waals surface area contributed by atoms with Crippen LogP contribution in [0, 0.1) is 6.92 Å². The van der Waals surface area contributed by atoms with Gasteiger partial charge in [0.1, 0.15) is 5.75 Å². The van der Waals surface area contributed by atoms with E-state index in [1.807, 2.05) is 55.5 Å². The van der Waals surface area contributed by atoms with Gasteiger partial charge in [0, 0.05) is 6.54 Å². The fourth-order valence-electron chi connectivity index (χ4n) is 2.40. The Labute approximate surface area is 137 Å². The zero-order valence-electron chi connectivity index (χ0n) is 13.8. The fraction of sp³-hybridized carbons (Fsp3) is 0.316. The minimum Gasteiger partial charge on any atom is -0.496 e. The van der Waals surface area contributed by atoms with Crippen LogP contribution in [0.5, 0.6) is 5.75 Å². The van der Waals surface area contributed by atoms with Crippen molar-refractivity contribution in [3.8, 4) is 5.75 Å². The zero-order valence-corrected chi connectivity index (χ0v) is 13.8. The number of carbonyl (C=O) groups excluding carboxylic acids is 1. The molecule has 0 spiro atoms. The molecule has 0 aromatic heterocycles. The van der Waals surface area contributed by atoms with Gasteiger partial charge in [0.25, 0.3) is 0 Å². The highest BCUT2D eigenvalue weighted by molar-refractivity contribution is 5.78. The van der Waals surface area contributed by atoms with Gasteiger partial charge in [-0.2, -0.15) is 0 Å². The van der Waals surface area contributed by atoms with Gasteiger partial charge in [0.05, 0.1) is 13.7 Å². The molecule has 2 rings (SSSR count). The number of hydrogen-bond acceptors (Lipinski definition) is 3. The molecule has 0 unspecified atom stereocenters. The normalized spacial score (nSPS) is 10.3. The predicted octanol–water partition coefficient (Wildman–Crippen LogP) is 2.45. The highest BCUT2D eigenvalue weighted by Crippen LogP contribution is 2.17. The number of nitrogens with one attached hydrogen (secondary N) is 2. The van der Waals surface area contributed by atoms with Gasteiger partial charge in [-0.05, 0) is 42.6 Å². The molecular formula is C19H24N2O2. The first kappa shape index (κ1) is 17.0. The summed E-state index contributed by atoms with van der Waals surface area (Å²) in [5.74, 6) is 0.895. The Morgan fingerprint density at radius 3 is 2.48 bits per heavy atom. The van der Waals surface area contributed by atoms with Crippen LogP contribution in [0.3, 0.4) is 0 Å². The molecule has 0 saturated carbocycles. The molecule has 0 atom stereocenters. The number of aryl methyl sites for hydroxylation is 1. The fourth-order valence-corrected chi connectivity index (χ4v) is 2.40. The van der Waals surface area contributed by atoms with Crippen molar-refractivity contribution < 1.29 is 9.53 Å². The van der Waals surface area contributed by atoms with Crippen molar-refractivity contribution in [3.63, 3.8) is 0 Å². The summed E-state index contributed by atoms with van der Waals surface area (Å²) in [6.07, 6.45) is 0.828.